The van der Waals surface area contributed by atoms with Gasteiger partial charge in [0.15, 0.2) is 0 Å². The zero-order valence-electron chi connectivity index (χ0n) is 11.5. The zero-order chi connectivity index (χ0) is 13.9. The molecule has 1 N–H and O–H groups in total. The summed E-state index contributed by atoms with van der Waals surface area (Å²) in [6.45, 7) is 3.60. The molecule has 1 amide bonds. The number of rotatable bonds is 3. The van der Waals surface area contributed by atoms with Crippen LogP contribution in [-0.2, 0) is 11.2 Å². The molecule has 6 heteroatoms. The van der Waals surface area contributed by atoms with Gasteiger partial charge in [-0.2, -0.15) is 5.10 Å². The lowest BCUT2D eigenvalue weighted by Gasteiger charge is -2.32. The van der Waals surface area contributed by atoms with E-state index in [0.29, 0.717) is 12.3 Å². The van der Waals surface area contributed by atoms with Crippen LogP contribution in [0, 0.1) is 6.92 Å². The largest absolute Gasteiger partial charge is 0.342 e. The van der Waals surface area contributed by atoms with Gasteiger partial charge in [0, 0.05) is 36.3 Å². The Bertz CT molecular complexity index is 578. The highest BCUT2D eigenvalue weighted by molar-refractivity contribution is 7.09. The Labute approximate surface area is 122 Å². The molecule has 0 aromatic carbocycles. The van der Waals surface area contributed by atoms with E-state index in [0.717, 1.165) is 42.3 Å². The van der Waals surface area contributed by atoms with Gasteiger partial charge in [-0.05, 0) is 25.8 Å². The van der Waals surface area contributed by atoms with Gasteiger partial charge in [0.1, 0.15) is 0 Å². The number of carbonyl (C=O) groups is 1. The summed E-state index contributed by atoms with van der Waals surface area (Å²) in [5, 5.41) is 10.0. The summed E-state index contributed by atoms with van der Waals surface area (Å²) in [5.74, 6) is 0.562. The van der Waals surface area contributed by atoms with E-state index < -0.39 is 0 Å². The maximum absolute atomic E-state index is 12.4. The van der Waals surface area contributed by atoms with Crippen molar-refractivity contribution in [2.45, 2.75) is 32.1 Å². The molecule has 5 nitrogen and oxygen atoms in total. The second-order valence-electron chi connectivity index (χ2n) is 5.23. The maximum atomic E-state index is 12.4. The molecule has 1 unspecified atom stereocenters. The van der Waals surface area contributed by atoms with Crippen molar-refractivity contribution in [1.29, 1.82) is 0 Å². The summed E-state index contributed by atoms with van der Waals surface area (Å²) in [6.07, 6.45) is 4.35. The number of aromatic amines is 1. The average Bonchev–Trinajstić information content (AvgIpc) is 3.11. The molecule has 1 aliphatic rings. The minimum Gasteiger partial charge on any atom is -0.342 e. The monoisotopic (exact) mass is 290 g/mol. The molecule has 106 valence electrons. The van der Waals surface area contributed by atoms with E-state index in [1.54, 1.807) is 17.5 Å². The van der Waals surface area contributed by atoms with Crippen molar-refractivity contribution >= 4 is 17.2 Å². The number of hydrogen-bond donors (Lipinski definition) is 1. The van der Waals surface area contributed by atoms with Crippen LogP contribution in [0.4, 0.5) is 0 Å². The normalized spacial score (nSPS) is 19.2. The van der Waals surface area contributed by atoms with Gasteiger partial charge < -0.3 is 4.90 Å². The molecule has 1 fully saturated rings. The molecule has 1 aliphatic heterocycles. The van der Waals surface area contributed by atoms with E-state index >= 15 is 0 Å². The predicted octanol–water partition coefficient (Wildman–Crippen LogP) is 2.12. The van der Waals surface area contributed by atoms with Crippen molar-refractivity contribution in [2.24, 2.45) is 0 Å². The highest BCUT2D eigenvalue weighted by Gasteiger charge is 2.25. The van der Waals surface area contributed by atoms with Crippen LogP contribution in [0.2, 0.25) is 0 Å². The van der Waals surface area contributed by atoms with Crippen LogP contribution in [-0.4, -0.2) is 39.1 Å². The van der Waals surface area contributed by atoms with Gasteiger partial charge in [0.2, 0.25) is 5.91 Å². The molecule has 0 bridgehead atoms. The van der Waals surface area contributed by atoms with E-state index in [1.807, 2.05) is 23.3 Å². The number of piperidine rings is 1. The third-order valence-electron chi connectivity index (χ3n) is 3.74. The second kappa shape index (κ2) is 5.75. The Morgan fingerprint density at radius 2 is 2.50 bits per heavy atom. The zero-order valence-corrected chi connectivity index (χ0v) is 12.3. The van der Waals surface area contributed by atoms with E-state index in [-0.39, 0.29) is 5.91 Å². The second-order valence-corrected chi connectivity index (χ2v) is 6.29. The first-order chi connectivity index (χ1) is 9.72. The lowest BCUT2D eigenvalue weighted by molar-refractivity contribution is -0.131. The highest BCUT2D eigenvalue weighted by atomic mass is 32.1. The van der Waals surface area contributed by atoms with Crippen LogP contribution in [0.25, 0.3) is 0 Å². The molecule has 1 saturated heterocycles. The Morgan fingerprint density at radius 3 is 3.20 bits per heavy atom. The molecular formula is C14H18N4OS. The first kappa shape index (κ1) is 13.3. The van der Waals surface area contributed by atoms with Gasteiger partial charge >= 0.3 is 0 Å². The quantitative estimate of drug-likeness (QED) is 0.942. The molecule has 0 saturated carbocycles. The van der Waals surface area contributed by atoms with Gasteiger partial charge in [-0.15, -0.1) is 11.3 Å². The molecule has 3 rings (SSSR count). The summed E-state index contributed by atoms with van der Waals surface area (Å²) in [5.41, 5.74) is 2.02. The number of H-pyrrole nitrogens is 1. The van der Waals surface area contributed by atoms with Crippen molar-refractivity contribution < 1.29 is 4.79 Å². The highest BCUT2D eigenvalue weighted by Crippen LogP contribution is 2.25. The van der Waals surface area contributed by atoms with Crippen LogP contribution in [0.1, 0.15) is 35.2 Å². The van der Waals surface area contributed by atoms with Gasteiger partial charge in [-0.1, -0.05) is 0 Å². The Hall–Kier alpha value is -1.69. The average molecular weight is 290 g/mol. The smallest absolute Gasteiger partial charge is 0.228 e. The third kappa shape index (κ3) is 2.90. The number of likely N-dealkylation sites (tertiary alicyclic amines) is 1. The topological polar surface area (TPSA) is 61.9 Å². The van der Waals surface area contributed by atoms with Crippen LogP contribution in [0.15, 0.2) is 17.6 Å². The summed E-state index contributed by atoms with van der Waals surface area (Å²) in [6, 6.07) is 2.00. The van der Waals surface area contributed by atoms with Crippen LogP contribution in [0.5, 0.6) is 0 Å². The first-order valence-electron chi connectivity index (χ1n) is 6.90. The Morgan fingerprint density at radius 1 is 1.60 bits per heavy atom. The maximum Gasteiger partial charge on any atom is 0.228 e. The fraction of sp³-hybridized carbons (Fsp3) is 0.500. The molecule has 3 heterocycles. The van der Waals surface area contributed by atoms with Crippen LogP contribution < -0.4 is 0 Å². The van der Waals surface area contributed by atoms with Crippen molar-refractivity contribution in [3.63, 3.8) is 0 Å². The number of nitrogens with zero attached hydrogens (tertiary/aromatic N) is 3. The van der Waals surface area contributed by atoms with Crippen molar-refractivity contribution in [1.82, 2.24) is 20.1 Å². The number of amides is 1. The molecule has 0 radical (unpaired) electrons. The number of nitrogens with one attached hydrogen (secondary N) is 1. The SMILES string of the molecule is Cc1nc(CC(=O)N2CCCC(c3ccn[nH]3)C2)cs1. The fourth-order valence-electron chi connectivity index (χ4n) is 2.71. The molecule has 0 aliphatic carbocycles. The molecule has 2 aromatic rings. The van der Waals surface area contributed by atoms with Crippen molar-refractivity contribution in [3.05, 3.63) is 34.0 Å². The van der Waals surface area contributed by atoms with Crippen molar-refractivity contribution in [2.75, 3.05) is 13.1 Å². The number of aromatic nitrogens is 3. The van der Waals surface area contributed by atoms with Gasteiger partial charge in [-0.3, -0.25) is 9.89 Å². The number of hydrogen-bond acceptors (Lipinski definition) is 4. The molecular weight excluding hydrogens is 272 g/mol. The first-order valence-corrected chi connectivity index (χ1v) is 7.78. The number of aryl methyl sites for hydroxylation is 1. The summed E-state index contributed by atoms with van der Waals surface area (Å²) >= 11 is 1.60. The van der Waals surface area contributed by atoms with Crippen LogP contribution >= 0.6 is 11.3 Å². The molecule has 2 aromatic heterocycles. The fourth-order valence-corrected chi connectivity index (χ4v) is 3.32. The van der Waals surface area contributed by atoms with E-state index in [9.17, 15) is 4.79 Å². The summed E-state index contributed by atoms with van der Waals surface area (Å²) in [7, 11) is 0. The van der Waals surface area contributed by atoms with E-state index in [1.165, 1.54) is 0 Å². The minimum atomic E-state index is 0.180. The number of carbonyl (C=O) groups excluding carboxylic acids is 1. The lowest BCUT2D eigenvalue weighted by Crippen LogP contribution is -2.40. The van der Waals surface area contributed by atoms with Gasteiger partial charge in [0.25, 0.3) is 0 Å². The minimum absolute atomic E-state index is 0.180. The van der Waals surface area contributed by atoms with Gasteiger partial charge in [0.05, 0.1) is 17.1 Å². The van der Waals surface area contributed by atoms with Gasteiger partial charge in [-0.25, -0.2) is 4.98 Å². The molecule has 20 heavy (non-hydrogen) atoms. The third-order valence-corrected chi connectivity index (χ3v) is 4.56. The van der Waals surface area contributed by atoms with E-state index in [2.05, 4.69) is 15.2 Å². The number of thiazole rings is 1. The summed E-state index contributed by atoms with van der Waals surface area (Å²) in [4.78, 5) is 18.7. The predicted molar refractivity (Wildman–Crippen MR) is 77.7 cm³/mol. The molecule has 1 atom stereocenters. The van der Waals surface area contributed by atoms with E-state index in [4.69, 9.17) is 0 Å². The standard InChI is InChI=1S/C14H18N4OS/c1-10-16-12(9-20-10)7-14(19)18-6-2-3-11(8-18)13-4-5-15-17-13/h4-5,9,11H,2-3,6-8H2,1H3,(H,15,17). The van der Waals surface area contributed by atoms with Crippen molar-refractivity contribution in [3.8, 4) is 0 Å². The summed E-state index contributed by atoms with van der Waals surface area (Å²) < 4.78 is 0. The molecule has 0 spiro atoms. The van der Waals surface area contributed by atoms with Crippen LogP contribution in [0.3, 0.4) is 0 Å². The lowest BCUT2D eigenvalue weighted by atomic mass is 9.94. The Balaban J connectivity index is 1.63. The Kier molecular flexibility index (Phi) is 3.82.